The molecule has 0 heterocycles. The molecule has 3 rings (SSSR count). The molecule has 3 aromatic rings. The average Bonchev–Trinajstić information content (AvgIpc) is 2.78. The number of aliphatic carboxylic acids is 1. The molecule has 1 unspecified atom stereocenters. The number of carboxylic acids is 1. The standard InChI is InChI=1S/C27H26O4/c1-27(2,22-8-4-3-5-9-22)23-14-16-24(17-15-23)31-18-6-7-20-10-12-21(13-11-20)19-25(28)26(29)30/h3-5,8-17,25,28H,18-19H2,1-2H3,(H,29,30). The number of aliphatic hydroxyl groups is 1. The maximum Gasteiger partial charge on any atom is 0.332 e. The Morgan fingerprint density at radius 2 is 1.55 bits per heavy atom. The SMILES string of the molecule is CC(C)(c1ccccc1)c1ccc(OCC#Cc2ccc(CC(O)C(=O)O)cc2)cc1. The lowest BCUT2D eigenvalue weighted by Crippen LogP contribution is -2.21. The first-order chi connectivity index (χ1) is 14.9. The predicted octanol–water partition coefficient (Wildman–Crippen LogP) is 4.43. The molecule has 0 aliphatic heterocycles. The van der Waals surface area contributed by atoms with Gasteiger partial charge in [-0.15, -0.1) is 0 Å². The van der Waals surface area contributed by atoms with E-state index in [-0.39, 0.29) is 18.4 Å². The second kappa shape index (κ2) is 9.97. The lowest BCUT2D eigenvalue weighted by Gasteiger charge is -2.26. The summed E-state index contributed by atoms with van der Waals surface area (Å²) in [5.41, 5.74) is 3.93. The van der Waals surface area contributed by atoms with Gasteiger partial charge in [0.1, 0.15) is 12.4 Å². The predicted molar refractivity (Wildman–Crippen MR) is 121 cm³/mol. The molecular formula is C27H26O4. The highest BCUT2D eigenvalue weighted by molar-refractivity contribution is 5.72. The van der Waals surface area contributed by atoms with E-state index in [1.165, 1.54) is 11.1 Å². The van der Waals surface area contributed by atoms with E-state index in [1.807, 2.05) is 18.2 Å². The molecule has 0 spiro atoms. The Hall–Kier alpha value is -3.55. The van der Waals surface area contributed by atoms with Crippen LogP contribution in [0.4, 0.5) is 0 Å². The van der Waals surface area contributed by atoms with Gasteiger partial charge in [-0.3, -0.25) is 0 Å². The maximum absolute atomic E-state index is 10.7. The molecule has 0 aliphatic carbocycles. The van der Waals surface area contributed by atoms with Crippen LogP contribution in [0.3, 0.4) is 0 Å². The Bertz CT molecular complexity index is 1060. The Morgan fingerprint density at radius 3 is 2.16 bits per heavy atom. The van der Waals surface area contributed by atoms with Crippen molar-refractivity contribution in [2.45, 2.75) is 31.8 Å². The Kier molecular flexibility index (Phi) is 7.12. The number of rotatable bonds is 7. The first-order valence-corrected chi connectivity index (χ1v) is 10.1. The fourth-order valence-corrected chi connectivity index (χ4v) is 3.28. The molecule has 3 aromatic carbocycles. The largest absolute Gasteiger partial charge is 0.481 e. The molecule has 2 N–H and O–H groups in total. The van der Waals surface area contributed by atoms with Crippen LogP contribution in [0.1, 0.15) is 36.1 Å². The number of benzene rings is 3. The van der Waals surface area contributed by atoms with Gasteiger partial charge in [0.25, 0.3) is 0 Å². The Balaban J connectivity index is 1.55. The molecule has 31 heavy (non-hydrogen) atoms. The Labute approximate surface area is 183 Å². The summed E-state index contributed by atoms with van der Waals surface area (Å²) in [7, 11) is 0. The van der Waals surface area contributed by atoms with Crippen molar-refractivity contribution in [3.8, 4) is 17.6 Å². The van der Waals surface area contributed by atoms with Crippen LogP contribution >= 0.6 is 0 Å². The zero-order valence-electron chi connectivity index (χ0n) is 17.7. The third kappa shape index (κ3) is 5.97. The van der Waals surface area contributed by atoms with Crippen molar-refractivity contribution in [2.75, 3.05) is 6.61 Å². The number of aliphatic hydroxyl groups excluding tert-OH is 1. The summed E-state index contributed by atoms with van der Waals surface area (Å²) in [6.45, 7) is 4.68. The van der Waals surface area contributed by atoms with Crippen LogP contribution in [0.5, 0.6) is 5.75 Å². The summed E-state index contributed by atoms with van der Waals surface area (Å²) in [6.07, 6.45) is -1.32. The van der Waals surface area contributed by atoms with E-state index in [4.69, 9.17) is 9.84 Å². The second-order valence-electron chi connectivity index (χ2n) is 7.86. The van der Waals surface area contributed by atoms with Crippen LogP contribution in [0, 0.1) is 11.8 Å². The molecule has 0 saturated heterocycles. The van der Waals surface area contributed by atoms with Crippen LogP contribution in [-0.4, -0.2) is 28.9 Å². The highest BCUT2D eigenvalue weighted by atomic mass is 16.5. The first-order valence-electron chi connectivity index (χ1n) is 10.1. The number of ether oxygens (including phenoxy) is 1. The summed E-state index contributed by atoms with van der Waals surface area (Å²) in [5.74, 6) is 5.54. The van der Waals surface area contributed by atoms with Gasteiger partial charge in [0.15, 0.2) is 6.10 Å². The second-order valence-corrected chi connectivity index (χ2v) is 7.86. The van der Waals surface area contributed by atoms with Gasteiger partial charge in [-0.25, -0.2) is 4.79 Å². The van der Waals surface area contributed by atoms with E-state index in [2.05, 4.69) is 62.1 Å². The van der Waals surface area contributed by atoms with Crippen LogP contribution < -0.4 is 4.74 Å². The maximum atomic E-state index is 10.7. The van der Waals surface area contributed by atoms with Gasteiger partial charge in [-0.05, 0) is 41.0 Å². The van der Waals surface area contributed by atoms with Crippen molar-refractivity contribution in [1.82, 2.24) is 0 Å². The lowest BCUT2D eigenvalue weighted by atomic mass is 9.78. The van der Waals surface area contributed by atoms with Crippen molar-refractivity contribution in [2.24, 2.45) is 0 Å². The third-order valence-electron chi connectivity index (χ3n) is 5.28. The van der Waals surface area contributed by atoms with E-state index in [9.17, 15) is 9.90 Å². The summed E-state index contributed by atoms with van der Waals surface area (Å²) in [5, 5.41) is 18.2. The quantitative estimate of drug-likeness (QED) is 0.561. The summed E-state index contributed by atoms with van der Waals surface area (Å²) >= 11 is 0. The molecule has 1 atom stereocenters. The lowest BCUT2D eigenvalue weighted by molar-refractivity contribution is -0.146. The van der Waals surface area contributed by atoms with E-state index in [0.717, 1.165) is 16.9 Å². The zero-order valence-corrected chi connectivity index (χ0v) is 17.7. The molecule has 0 aliphatic rings. The minimum Gasteiger partial charge on any atom is -0.481 e. The fourth-order valence-electron chi connectivity index (χ4n) is 3.28. The molecule has 0 amide bonds. The van der Waals surface area contributed by atoms with E-state index in [1.54, 1.807) is 24.3 Å². The number of carboxylic acid groups (broad SMARTS) is 1. The van der Waals surface area contributed by atoms with E-state index >= 15 is 0 Å². The molecular weight excluding hydrogens is 388 g/mol. The minimum atomic E-state index is -1.39. The molecule has 0 radical (unpaired) electrons. The average molecular weight is 415 g/mol. The topological polar surface area (TPSA) is 66.8 Å². The van der Waals surface area contributed by atoms with Crippen molar-refractivity contribution in [3.05, 3.63) is 101 Å². The van der Waals surface area contributed by atoms with Gasteiger partial charge in [0.05, 0.1) is 0 Å². The van der Waals surface area contributed by atoms with Crippen molar-refractivity contribution >= 4 is 5.97 Å². The summed E-state index contributed by atoms with van der Waals surface area (Å²) in [4.78, 5) is 10.7. The van der Waals surface area contributed by atoms with Crippen LogP contribution in [0.2, 0.25) is 0 Å². The van der Waals surface area contributed by atoms with E-state index < -0.39 is 12.1 Å². The Morgan fingerprint density at radius 1 is 0.935 bits per heavy atom. The molecule has 0 aromatic heterocycles. The van der Waals surface area contributed by atoms with Crippen molar-refractivity contribution < 1.29 is 19.7 Å². The monoisotopic (exact) mass is 414 g/mol. The number of carbonyl (C=O) groups is 1. The highest BCUT2D eigenvalue weighted by Gasteiger charge is 2.22. The van der Waals surface area contributed by atoms with Crippen molar-refractivity contribution in [3.63, 3.8) is 0 Å². The summed E-state index contributed by atoms with van der Waals surface area (Å²) in [6, 6.07) is 25.6. The fraction of sp³-hybridized carbons (Fsp3) is 0.222. The van der Waals surface area contributed by atoms with Crippen LogP contribution in [0.15, 0.2) is 78.9 Å². The van der Waals surface area contributed by atoms with Gasteiger partial charge in [0, 0.05) is 17.4 Å². The first kappa shape index (κ1) is 22.1. The van der Waals surface area contributed by atoms with E-state index in [0.29, 0.717) is 0 Å². The van der Waals surface area contributed by atoms with Gasteiger partial charge in [0.2, 0.25) is 0 Å². The number of hydrogen-bond donors (Lipinski definition) is 2. The molecule has 158 valence electrons. The zero-order chi connectivity index (χ0) is 22.3. The van der Waals surface area contributed by atoms with Crippen LogP contribution in [-0.2, 0) is 16.6 Å². The molecule has 0 saturated carbocycles. The molecule has 4 heteroatoms. The van der Waals surface area contributed by atoms with Crippen LogP contribution in [0.25, 0.3) is 0 Å². The van der Waals surface area contributed by atoms with Crippen molar-refractivity contribution in [1.29, 1.82) is 0 Å². The summed E-state index contributed by atoms with van der Waals surface area (Å²) < 4.78 is 5.73. The van der Waals surface area contributed by atoms with Gasteiger partial charge >= 0.3 is 5.97 Å². The molecule has 4 nitrogen and oxygen atoms in total. The normalized spacial score (nSPS) is 11.8. The van der Waals surface area contributed by atoms with Gasteiger partial charge in [-0.1, -0.05) is 80.3 Å². The minimum absolute atomic E-state index is 0.0726. The van der Waals surface area contributed by atoms with Gasteiger partial charge < -0.3 is 14.9 Å². The number of hydrogen-bond acceptors (Lipinski definition) is 3. The smallest absolute Gasteiger partial charge is 0.332 e. The molecule has 0 bridgehead atoms. The highest BCUT2D eigenvalue weighted by Crippen LogP contribution is 2.32. The molecule has 0 fully saturated rings. The third-order valence-corrected chi connectivity index (χ3v) is 5.28. The van der Waals surface area contributed by atoms with Gasteiger partial charge in [-0.2, -0.15) is 0 Å².